The normalized spacial score (nSPS) is 19.4. The van der Waals surface area contributed by atoms with Crippen LogP contribution in [0, 0.1) is 5.41 Å². The molecular formula is C16H31N3O2S. The maximum Gasteiger partial charge on any atom is 0.243 e. The van der Waals surface area contributed by atoms with Crippen molar-refractivity contribution >= 4 is 23.6 Å². The number of nitrogens with zero attached hydrogens (tertiary/aromatic N) is 1. The zero-order valence-electron chi connectivity index (χ0n) is 14.6. The zero-order valence-corrected chi connectivity index (χ0v) is 15.4. The van der Waals surface area contributed by atoms with Gasteiger partial charge in [-0.3, -0.25) is 9.59 Å². The first-order valence-corrected chi connectivity index (χ1v) is 9.21. The highest BCUT2D eigenvalue weighted by molar-refractivity contribution is 7.99. The van der Waals surface area contributed by atoms with Gasteiger partial charge < -0.3 is 16.0 Å². The number of nitrogens with one attached hydrogen (secondary N) is 1. The van der Waals surface area contributed by atoms with Gasteiger partial charge in [0.2, 0.25) is 11.8 Å². The average Bonchev–Trinajstić information content (AvgIpc) is 2.92. The molecule has 0 aromatic rings. The number of nitrogens with two attached hydrogens (primary N) is 1. The number of thioether (sulfide) groups is 1. The summed E-state index contributed by atoms with van der Waals surface area (Å²) in [6.07, 6.45) is 2.09. The van der Waals surface area contributed by atoms with Crippen molar-refractivity contribution in [3.8, 4) is 0 Å². The Kier molecular flexibility index (Phi) is 6.74. The fraction of sp³-hybridized carbons (Fsp3) is 0.875. The van der Waals surface area contributed by atoms with Gasteiger partial charge in [0.15, 0.2) is 0 Å². The highest BCUT2D eigenvalue weighted by atomic mass is 32.2. The van der Waals surface area contributed by atoms with E-state index >= 15 is 0 Å². The van der Waals surface area contributed by atoms with Crippen LogP contribution in [0.5, 0.6) is 0 Å². The maximum absolute atomic E-state index is 12.4. The van der Waals surface area contributed by atoms with E-state index in [0.29, 0.717) is 24.6 Å². The quantitative estimate of drug-likeness (QED) is 0.781. The molecule has 1 aliphatic heterocycles. The van der Waals surface area contributed by atoms with Crippen molar-refractivity contribution < 1.29 is 9.59 Å². The molecule has 0 bridgehead atoms. The van der Waals surface area contributed by atoms with Gasteiger partial charge in [-0.1, -0.05) is 34.6 Å². The molecule has 22 heavy (non-hydrogen) atoms. The average molecular weight is 330 g/mol. The lowest BCUT2D eigenvalue weighted by atomic mass is 9.91. The Balaban J connectivity index is 2.62. The Hall–Kier alpha value is -0.750. The van der Waals surface area contributed by atoms with Crippen LogP contribution in [0.2, 0.25) is 0 Å². The van der Waals surface area contributed by atoms with Gasteiger partial charge in [0.05, 0.1) is 5.88 Å². The van der Waals surface area contributed by atoms with E-state index in [0.717, 1.165) is 12.8 Å². The standard InChI is InChI=1S/C16H31N3O2S/c1-6-16(17,7-2)10-18-14(21)12-9-22-11-19(12)13(20)8-15(3,4)5/h12H,6-11,17H2,1-5H3,(H,18,21). The minimum absolute atomic E-state index is 0.0580. The number of amides is 2. The number of hydrogen-bond donors (Lipinski definition) is 2. The summed E-state index contributed by atoms with van der Waals surface area (Å²) in [6.45, 7) is 10.6. The van der Waals surface area contributed by atoms with Crippen LogP contribution in [0.3, 0.4) is 0 Å². The minimum Gasteiger partial charge on any atom is -0.352 e. The SMILES string of the molecule is CCC(N)(CC)CNC(=O)C1CSCN1C(=O)CC(C)(C)C. The van der Waals surface area contributed by atoms with Crippen LogP contribution in [-0.4, -0.2) is 46.5 Å². The molecule has 2 amide bonds. The largest absolute Gasteiger partial charge is 0.352 e. The van der Waals surface area contributed by atoms with Gasteiger partial charge in [-0.15, -0.1) is 11.8 Å². The number of hydrogen-bond acceptors (Lipinski definition) is 4. The van der Waals surface area contributed by atoms with Crippen LogP contribution in [0.25, 0.3) is 0 Å². The molecule has 1 heterocycles. The van der Waals surface area contributed by atoms with Gasteiger partial charge in [-0.25, -0.2) is 0 Å². The molecule has 1 unspecified atom stereocenters. The van der Waals surface area contributed by atoms with Crippen LogP contribution in [0.1, 0.15) is 53.9 Å². The van der Waals surface area contributed by atoms with E-state index in [2.05, 4.69) is 5.32 Å². The van der Waals surface area contributed by atoms with Gasteiger partial charge in [0, 0.05) is 24.3 Å². The molecule has 1 rings (SSSR count). The molecule has 0 aromatic heterocycles. The second-order valence-electron chi connectivity index (χ2n) is 7.40. The summed E-state index contributed by atoms with van der Waals surface area (Å²) in [4.78, 5) is 26.5. The molecule has 6 heteroatoms. The molecule has 0 saturated carbocycles. The van der Waals surface area contributed by atoms with Gasteiger partial charge >= 0.3 is 0 Å². The van der Waals surface area contributed by atoms with Crippen LogP contribution in [-0.2, 0) is 9.59 Å². The van der Waals surface area contributed by atoms with E-state index in [9.17, 15) is 9.59 Å². The molecule has 3 N–H and O–H groups in total. The van der Waals surface area contributed by atoms with E-state index in [4.69, 9.17) is 5.73 Å². The molecular weight excluding hydrogens is 298 g/mol. The first kappa shape index (κ1) is 19.3. The van der Waals surface area contributed by atoms with Crippen molar-refractivity contribution in [3.05, 3.63) is 0 Å². The Bertz CT molecular complexity index is 403. The molecule has 0 aromatic carbocycles. The molecule has 0 aliphatic carbocycles. The van der Waals surface area contributed by atoms with Crippen molar-refractivity contribution in [1.82, 2.24) is 10.2 Å². The summed E-state index contributed by atoms with van der Waals surface area (Å²) >= 11 is 1.63. The number of carbonyl (C=O) groups excluding carboxylic acids is 2. The highest BCUT2D eigenvalue weighted by Crippen LogP contribution is 2.26. The van der Waals surface area contributed by atoms with Crippen molar-refractivity contribution in [2.75, 3.05) is 18.2 Å². The Labute approximate surface area is 138 Å². The molecule has 1 atom stereocenters. The predicted molar refractivity (Wildman–Crippen MR) is 92.5 cm³/mol. The van der Waals surface area contributed by atoms with Crippen LogP contribution in [0.4, 0.5) is 0 Å². The van der Waals surface area contributed by atoms with E-state index in [1.54, 1.807) is 16.7 Å². The van der Waals surface area contributed by atoms with Crippen molar-refractivity contribution in [2.45, 2.75) is 65.5 Å². The molecule has 0 radical (unpaired) electrons. The van der Waals surface area contributed by atoms with Gasteiger partial charge in [0.1, 0.15) is 6.04 Å². The first-order valence-electron chi connectivity index (χ1n) is 8.05. The lowest BCUT2D eigenvalue weighted by Crippen LogP contribution is -2.54. The summed E-state index contributed by atoms with van der Waals surface area (Å²) in [6, 6.07) is -0.363. The van der Waals surface area contributed by atoms with Crippen molar-refractivity contribution in [1.29, 1.82) is 0 Å². The number of rotatable bonds is 6. The molecule has 0 spiro atoms. The smallest absolute Gasteiger partial charge is 0.243 e. The fourth-order valence-corrected chi connectivity index (χ4v) is 3.52. The van der Waals surface area contributed by atoms with E-state index in [1.807, 2.05) is 34.6 Å². The van der Waals surface area contributed by atoms with Crippen LogP contribution >= 0.6 is 11.8 Å². The summed E-state index contributed by atoms with van der Waals surface area (Å²) in [5, 5.41) is 2.94. The summed E-state index contributed by atoms with van der Waals surface area (Å²) < 4.78 is 0. The third-order valence-electron chi connectivity index (χ3n) is 4.21. The fourth-order valence-electron chi connectivity index (χ4n) is 2.34. The topological polar surface area (TPSA) is 75.4 Å². The molecule has 1 fully saturated rings. The molecule has 1 aliphatic rings. The number of carbonyl (C=O) groups is 2. The third kappa shape index (κ3) is 5.47. The first-order chi connectivity index (χ1) is 10.1. The van der Waals surface area contributed by atoms with Gasteiger partial charge in [0.25, 0.3) is 0 Å². The highest BCUT2D eigenvalue weighted by Gasteiger charge is 2.36. The minimum atomic E-state index is -0.363. The zero-order chi connectivity index (χ0) is 17.0. The van der Waals surface area contributed by atoms with Crippen LogP contribution < -0.4 is 11.1 Å². The summed E-state index contributed by atoms with van der Waals surface area (Å²) in [7, 11) is 0. The maximum atomic E-state index is 12.4. The van der Waals surface area contributed by atoms with Crippen molar-refractivity contribution in [2.24, 2.45) is 11.1 Å². The van der Waals surface area contributed by atoms with Crippen molar-refractivity contribution in [3.63, 3.8) is 0 Å². The van der Waals surface area contributed by atoms with E-state index < -0.39 is 0 Å². The van der Waals surface area contributed by atoms with Crippen LogP contribution in [0.15, 0.2) is 0 Å². The summed E-state index contributed by atoms with van der Waals surface area (Å²) in [5.74, 6) is 1.24. The molecule has 128 valence electrons. The lowest BCUT2D eigenvalue weighted by Gasteiger charge is -2.30. The Morgan fingerprint density at radius 1 is 1.27 bits per heavy atom. The van der Waals surface area contributed by atoms with E-state index in [-0.39, 0.29) is 28.8 Å². The Morgan fingerprint density at radius 2 is 1.86 bits per heavy atom. The Morgan fingerprint density at radius 3 is 2.36 bits per heavy atom. The van der Waals surface area contributed by atoms with Gasteiger partial charge in [-0.2, -0.15) is 0 Å². The molecule has 5 nitrogen and oxygen atoms in total. The lowest BCUT2D eigenvalue weighted by molar-refractivity contribution is -0.139. The van der Waals surface area contributed by atoms with Gasteiger partial charge in [-0.05, 0) is 18.3 Å². The van der Waals surface area contributed by atoms with E-state index in [1.165, 1.54) is 0 Å². The second kappa shape index (κ2) is 7.68. The predicted octanol–water partition coefficient (Wildman–Crippen LogP) is 1.96. The monoisotopic (exact) mass is 329 g/mol. The molecule has 1 saturated heterocycles. The second-order valence-corrected chi connectivity index (χ2v) is 8.40. The third-order valence-corrected chi connectivity index (χ3v) is 5.22. The summed E-state index contributed by atoms with van der Waals surface area (Å²) in [5.41, 5.74) is 5.79.